The Balaban J connectivity index is 2.60. The molecule has 0 radical (unpaired) electrons. The lowest BCUT2D eigenvalue weighted by molar-refractivity contribution is -0.295. The molecule has 5 atom stereocenters. The molecule has 0 aromatic rings. The van der Waals surface area contributed by atoms with E-state index in [0.29, 0.717) is 0 Å². The lowest BCUT2D eigenvalue weighted by Gasteiger charge is -2.39. The summed E-state index contributed by atoms with van der Waals surface area (Å²) in [5, 5.41) is 28.5. The molecule has 1 fully saturated rings. The third-order valence-electron chi connectivity index (χ3n) is 2.35. The van der Waals surface area contributed by atoms with Crippen molar-refractivity contribution >= 4 is 5.97 Å². The molecule has 3 N–H and O–H groups in total. The van der Waals surface area contributed by atoms with E-state index in [1.54, 1.807) is 0 Å². The van der Waals surface area contributed by atoms with Crippen LogP contribution in [0.3, 0.4) is 0 Å². The normalized spacial score (nSPS) is 39.4. The smallest absolute Gasteiger partial charge is 0.302 e. The average Bonchev–Trinajstić information content (AvgIpc) is 2.25. The second kappa shape index (κ2) is 5.55. The molecule has 1 saturated heterocycles. The van der Waals surface area contributed by atoms with Crippen LogP contribution in [-0.2, 0) is 19.0 Å². The van der Waals surface area contributed by atoms with Gasteiger partial charge in [0, 0.05) is 14.0 Å². The summed E-state index contributed by atoms with van der Waals surface area (Å²) in [5.74, 6) is -0.523. The van der Waals surface area contributed by atoms with Crippen molar-refractivity contribution in [1.82, 2.24) is 0 Å². The van der Waals surface area contributed by atoms with Gasteiger partial charge in [0.05, 0.1) is 0 Å². The second-order valence-corrected chi connectivity index (χ2v) is 3.55. The highest BCUT2D eigenvalue weighted by Gasteiger charge is 2.44. The first-order valence-electron chi connectivity index (χ1n) is 4.83. The fraction of sp³-hybridized carbons (Fsp3) is 0.889. The number of esters is 1. The molecule has 0 aromatic carbocycles. The van der Waals surface area contributed by atoms with Crippen molar-refractivity contribution in [3.63, 3.8) is 0 Å². The third-order valence-corrected chi connectivity index (χ3v) is 2.35. The summed E-state index contributed by atoms with van der Waals surface area (Å²) in [7, 11) is 1.29. The monoisotopic (exact) mass is 236 g/mol. The number of ether oxygens (including phenoxy) is 3. The van der Waals surface area contributed by atoms with E-state index >= 15 is 0 Å². The molecular weight excluding hydrogens is 220 g/mol. The third kappa shape index (κ3) is 2.89. The largest absolute Gasteiger partial charge is 0.463 e. The van der Waals surface area contributed by atoms with Crippen LogP contribution in [0.25, 0.3) is 0 Å². The molecule has 0 aromatic heterocycles. The Morgan fingerprint density at radius 1 is 1.25 bits per heavy atom. The number of hydrogen-bond donors (Lipinski definition) is 3. The number of rotatable bonds is 3. The van der Waals surface area contributed by atoms with Gasteiger partial charge in [0.15, 0.2) is 6.29 Å². The molecule has 0 bridgehead atoms. The minimum Gasteiger partial charge on any atom is -0.463 e. The molecule has 0 saturated carbocycles. The number of carbonyl (C=O) groups excluding carboxylic acids is 1. The average molecular weight is 236 g/mol. The maximum atomic E-state index is 10.6. The van der Waals surface area contributed by atoms with Crippen molar-refractivity contribution in [3.8, 4) is 0 Å². The minimum absolute atomic E-state index is 0.208. The van der Waals surface area contributed by atoms with Gasteiger partial charge in [0.25, 0.3) is 0 Å². The van der Waals surface area contributed by atoms with Crippen LogP contribution in [0, 0.1) is 0 Å². The second-order valence-electron chi connectivity index (χ2n) is 3.55. The topological polar surface area (TPSA) is 105 Å². The predicted octanol–water partition coefficient (Wildman–Crippen LogP) is -2.00. The van der Waals surface area contributed by atoms with E-state index in [-0.39, 0.29) is 6.61 Å². The van der Waals surface area contributed by atoms with Gasteiger partial charge in [-0.3, -0.25) is 4.79 Å². The summed E-state index contributed by atoms with van der Waals surface area (Å²) in [6, 6.07) is 0. The lowest BCUT2D eigenvalue weighted by atomic mass is 9.99. The molecule has 1 aliphatic heterocycles. The van der Waals surface area contributed by atoms with E-state index < -0.39 is 36.7 Å². The Morgan fingerprint density at radius 2 is 1.88 bits per heavy atom. The fourth-order valence-electron chi connectivity index (χ4n) is 1.45. The van der Waals surface area contributed by atoms with Gasteiger partial charge in [-0.15, -0.1) is 0 Å². The SMILES string of the molecule is CO[C@H]1O[C@H](COC(C)=O)[C@H](O)[C@H](O)[C@H]1O. The Kier molecular flexibility index (Phi) is 4.63. The van der Waals surface area contributed by atoms with Crippen LogP contribution in [0.4, 0.5) is 0 Å². The van der Waals surface area contributed by atoms with Crippen LogP contribution in [0.15, 0.2) is 0 Å². The first-order chi connectivity index (χ1) is 7.47. The summed E-state index contributed by atoms with van der Waals surface area (Å²) in [4.78, 5) is 10.6. The van der Waals surface area contributed by atoms with Gasteiger partial charge in [-0.1, -0.05) is 0 Å². The number of carbonyl (C=O) groups is 1. The van der Waals surface area contributed by atoms with E-state index in [0.717, 1.165) is 0 Å². The maximum Gasteiger partial charge on any atom is 0.302 e. The van der Waals surface area contributed by atoms with Gasteiger partial charge in [-0.05, 0) is 0 Å². The molecule has 0 amide bonds. The van der Waals surface area contributed by atoms with Crippen LogP contribution < -0.4 is 0 Å². The highest BCUT2D eigenvalue weighted by atomic mass is 16.7. The van der Waals surface area contributed by atoms with E-state index in [4.69, 9.17) is 9.47 Å². The maximum absolute atomic E-state index is 10.6. The van der Waals surface area contributed by atoms with Crippen molar-refractivity contribution in [2.24, 2.45) is 0 Å². The molecule has 1 heterocycles. The zero-order valence-electron chi connectivity index (χ0n) is 9.07. The van der Waals surface area contributed by atoms with E-state index in [1.165, 1.54) is 14.0 Å². The fourth-order valence-corrected chi connectivity index (χ4v) is 1.45. The first-order valence-corrected chi connectivity index (χ1v) is 4.83. The molecule has 7 heteroatoms. The molecule has 0 spiro atoms. The molecule has 1 aliphatic rings. The van der Waals surface area contributed by atoms with Gasteiger partial charge in [0.2, 0.25) is 0 Å². The van der Waals surface area contributed by atoms with Crippen molar-refractivity contribution in [3.05, 3.63) is 0 Å². The minimum atomic E-state index is -1.40. The summed E-state index contributed by atoms with van der Waals surface area (Å²) in [5.41, 5.74) is 0. The van der Waals surface area contributed by atoms with Crippen molar-refractivity contribution < 1.29 is 34.3 Å². The lowest BCUT2D eigenvalue weighted by Crippen LogP contribution is -2.59. The summed E-state index contributed by atoms with van der Waals surface area (Å²) in [6.45, 7) is 1.01. The Morgan fingerprint density at radius 3 is 2.38 bits per heavy atom. The Labute approximate surface area is 92.5 Å². The van der Waals surface area contributed by atoms with Gasteiger partial charge < -0.3 is 29.5 Å². The highest BCUT2D eigenvalue weighted by Crippen LogP contribution is 2.21. The zero-order valence-corrected chi connectivity index (χ0v) is 9.07. The molecule has 0 unspecified atom stereocenters. The molecule has 16 heavy (non-hydrogen) atoms. The van der Waals surface area contributed by atoms with E-state index in [2.05, 4.69) is 4.74 Å². The van der Waals surface area contributed by atoms with Crippen molar-refractivity contribution in [2.45, 2.75) is 37.6 Å². The van der Waals surface area contributed by atoms with Crippen LogP contribution in [0.2, 0.25) is 0 Å². The van der Waals surface area contributed by atoms with Crippen LogP contribution in [-0.4, -0.2) is 65.7 Å². The molecule has 94 valence electrons. The van der Waals surface area contributed by atoms with Gasteiger partial charge in [0.1, 0.15) is 31.0 Å². The van der Waals surface area contributed by atoms with Gasteiger partial charge in [-0.2, -0.15) is 0 Å². The molecule has 0 aliphatic carbocycles. The quantitative estimate of drug-likeness (QED) is 0.487. The summed E-state index contributed by atoms with van der Waals surface area (Å²) < 4.78 is 14.6. The van der Waals surface area contributed by atoms with Crippen LogP contribution in [0.1, 0.15) is 6.92 Å². The molecule has 7 nitrogen and oxygen atoms in total. The first kappa shape index (κ1) is 13.3. The van der Waals surface area contributed by atoms with Gasteiger partial charge in [-0.25, -0.2) is 0 Å². The van der Waals surface area contributed by atoms with E-state index in [1.807, 2.05) is 0 Å². The molecular formula is C9H16O7. The van der Waals surface area contributed by atoms with Crippen LogP contribution >= 0.6 is 0 Å². The zero-order chi connectivity index (χ0) is 12.3. The number of methoxy groups -OCH3 is 1. The highest BCUT2D eigenvalue weighted by molar-refractivity contribution is 5.65. The predicted molar refractivity (Wildman–Crippen MR) is 50.3 cm³/mol. The molecule has 1 rings (SSSR count). The van der Waals surface area contributed by atoms with E-state index in [9.17, 15) is 20.1 Å². The van der Waals surface area contributed by atoms with Crippen LogP contribution in [0.5, 0.6) is 0 Å². The number of aliphatic hydroxyl groups is 3. The van der Waals surface area contributed by atoms with Gasteiger partial charge >= 0.3 is 5.97 Å². The standard InChI is InChI=1S/C9H16O7/c1-4(10)15-3-5-6(11)7(12)8(13)9(14-2)16-5/h5-9,11-13H,3H2,1-2H3/t5-,6+,7+,8-,9+/m1/s1. The number of hydrogen-bond acceptors (Lipinski definition) is 7. The Hall–Kier alpha value is -0.730. The summed E-state index contributed by atoms with van der Waals surface area (Å²) >= 11 is 0. The van der Waals surface area contributed by atoms with Crippen molar-refractivity contribution in [2.75, 3.05) is 13.7 Å². The Bertz CT molecular complexity index is 242. The summed E-state index contributed by atoms with van der Waals surface area (Å²) in [6.07, 6.45) is -6.06. The number of aliphatic hydroxyl groups excluding tert-OH is 3. The van der Waals surface area contributed by atoms with Crippen molar-refractivity contribution in [1.29, 1.82) is 0 Å².